The third kappa shape index (κ3) is 6.21. The number of amides is 4. The van der Waals surface area contributed by atoms with Gasteiger partial charge in [0.25, 0.3) is 11.8 Å². The van der Waals surface area contributed by atoms with Crippen LogP contribution < -0.4 is 20.9 Å². The number of aromatic nitrogens is 2. The monoisotopic (exact) mass is 676 g/mol. The summed E-state index contributed by atoms with van der Waals surface area (Å²) in [5.74, 6) is -1.42. The molecule has 0 spiro atoms. The first-order valence-corrected chi connectivity index (χ1v) is 17.6. The van der Waals surface area contributed by atoms with Crippen molar-refractivity contribution in [2.24, 2.45) is 5.92 Å². The molecule has 1 aromatic heterocycles. The molecule has 0 radical (unpaired) electrons. The van der Waals surface area contributed by atoms with Gasteiger partial charge in [-0.25, -0.2) is 4.98 Å². The van der Waals surface area contributed by atoms with E-state index < -0.39 is 29.7 Å². The molecule has 8 rings (SSSR count). The van der Waals surface area contributed by atoms with E-state index in [4.69, 9.17) is 15.1 Å². The van der Waals surface area contributed by atoms with Crippen molar-refractivity contribution in [3.05, 3.63) is 65.6 Å². The lowest BCUT2D eigenvalue weighted by molar-refractivity contribution is -0.136. The summed E-state index contributed by atoms with van der Waals surface area (Å²) >= 11 is 0. The molecule has 3 saturated heterocycles. The second kappa shape index (κ2) is 13.3. The highest BCUT2D eigenvalue weighted by Gasteiger charge is 2.44. The van der Waals surface area contributed by atoms with Gasteiger partial charge in [-0.2, -0.15) is 0 Å². The van der Waals surface area contributed by atoms with Crippen LogP contribution in [0, 0.1) is 11.3 Å². The van der Waals surface area contributed by atoms with Gasteiger partial charge < -0.3 is 25.7 Å². The van der Waals surface area contributed by atoms with E-state index >= 15 is 0 Å². The first-order chi connectivity index (χ1) is 24.3. The molecule has 3 aromatic rings. The fraction of sp³-hybridized carbons (Fsp3) is 0.432. The van der Waals surface area contributed by atoms with Crippen molar-refractivity contribution in [3.8, 4) is 0 Å². The van der Waals surface area contributed by atoms with Gasteiger partial charge in [0.05, 0.1) is 46.3 Å². The number of nitrogens with one attached hydrogen (secondary N) is 4. The van der Waals surface area contributed by atoms with Crippen molar-refractivity contribution in [2.45, 2.75) is 75.7 Å². The summed E-state index contributed by atoms with van der Waals surface area (Å²) in [5, 5.41) is 17.1. The van der Waals surface area contributed by atoms with Crippen LogP contribution in [0.5, 0.6) is 0 Å². The van der Waals surface area contributed by atoms with Gasteiger partial charge in [0.1, 0.15) is 6.04 Å². The molecule has 4 aliphatic heterocycles. The highest BCUT2D eigenvalue weighted by Crippen LogP contribution is 2.33. The molecule has 13 heteroatoms. The second-order valence-electron chi connectivity index (χ2n) is 14.0. The van der Waals surface area contributed by atoms with Crippen LogP contribution in [0.3, 0.4) is 0 Å². The Hall–Kier alpha value is -5.17. The van der Waals surface area contributed by atoms with Crippen molar-refractivity contribution in [1.29, 1.82) is 5.41 Å². The van der Waals surface area contributed by atoms with Gasteiger partial charge in [-0.3, -0.25) is 34.4 Å². The van der Waals surface area contributed by atoms with E-state index in [2.05, 4.69) is 38.0 Å². The number of piperidine rings is 1. The number of nitrogens with zero attached hydrogens (tertiary/aromatic N) is 4. The average Bonchev–Trinajstić information content (AvgIpc) is 3.57. The maximum Gasteiger partial charge on any atom is 0.262 e. The number of hydrogen-bond donors (Lipinski definition) is 4. The SMILES string of the molecule is N=C/C(=C\N[C@H]1C[C@H](CCCNc2ccc3c(c2)C(=O)N(C2CCC(=O)NC2=O)C3=O)C1)c1cnc2ccc(N3CC4CCC(C3)O4)cc2n1. The van der Waals surface area contributed by atoms with Crippen LogP contribution in [0.25, 0.3) is 16.6 Å². The van der Waals surface area contributed by atoms with E-state index in [1.165, 1.54) is 6.21 Å². The molecule has 3 atom stereocenters. The molecule has 2 bridgehead atoms. The summed E-state index contributed by atoms with van der Waals surface area (Å²) in [7, 11) is 0. The van der Waals surface area contributed by atoms with Crippen LogP contribution in [0.1, 0.15) is 77.8 Å². The van der Waals surface area contributed by atoms with Crippen LogP contribution in [0.15, 0.2) is 48.8 Å². The summed E-state index contributed by atoms with van der Waals surface area (Å²) in [6.07, 6.45) is 12.1. The van der Waals surface area contributed by atoms with E-state index in [1.807, 2.05) is 12.3 Å². The van der Waals surface area contributed by atoms with Crippen molar-refractivity contribution in [1.82, 2.24) is 25.5 Å². The molecule has 5 aliphatic rings. The number of fused-ring (bicyclic) bond motifs is 4. The number of carbonyl (C=O) groups excluding carboxylic acids is 4. The van der Waals surface area contributed by atoms with Gasteiger partial charge in [-0.15, -0.1) is 0 Å². The standard InChI is InChI=1S/C37H40N8O5/c38-16-22(32-18-41-30-8-4-25(15-31(30)42-32)44-19-26-5-6-27(20-44)50-26)17-40-24-12-21(13-24)2-1-11-39-23-3-7-28-29(14-23)37(49)45(36(28)48)33-9-10-34(46)43-35(33)47/h3-4,7-8,14-18,21,24,26-27,33,38-40H,1-2,5-6,9-13,19-20H2,(H,43,46,47)/b22-17+,38-16?/t21-,24-,26?,27?,33?. The first-order valence-electron chi connectivity index (χ1n) is 17.6. The van der Waals surface area contributed by atoms with Gasteiger partial charge in [0, 0.05) is 61.5 Å². The summed E-state index contributed by atoms with van der Waals surface area (Å²) < 4.78 is 6.00. The Balaban J connectivity index is 0.801. The second-order valence-corrected chi connectivity index (χ2v) is 14.0. The zero-order chi connectivity index (χ0) is 34.4. The Bertz CT molecular complexity index is 1910. The topological polar surface area (TPSA) is 170 Å². The van der Waals surface area contributed by atoms with E-state index in [1.54, 1.807) is 24.4 Å². The normalized spacial score (nSPS) is 26.2. The molecule has 1 saturated carbocycles. The maximum atomic E-state index is 13.1. The smallest absolute Gasteiger partial charge is 0.262 e. The first kappa shape index (κ1) is 32.1. The Kier molecular flexibility index (Phi) is 8.51. The highest BCUT2D eigenvalue weighted by molar-refractivity contribution is 6.23. The Morgan fingerprint density at radius 3 is 2.56 bits per heavy atom. The molecule has 1 aliphatic carbocycles. The minimum Gasteiger partial charge on any atom is -0.388 e. The number of anilines is 2. The predicted octanol–water partition coefficient (Wildman–Crippen LogP) is 3.65. The lowest BCUT2D eigenvalue weighted by atomic mass is 9.77. The number of rotatable bonds is 11. The fourth-order valence-electron chi connectivity index (χ4n) is 7.87. The van der Waals surface area contributed by atoms with E-state index in [0.29, 0.717) is 35.4 Å². The fourth-order valence-corrected chi connectivity index (χ4v) is 7.87. The number of imide groups is 2. The molecule has 258 valence electrons. The lowest BCUT2D eigenvalue weighted by Gasteiger charge is -2.36. The van der Waals surface area contributed by atoms with Crippen molar-refractivity contribution in [2.75, 3.05) is 29.9 Å². The largest absolute Gasteiger partial charge is 0.388 e. The molecule has 50 heavy (non-hydrogen) atoms. The van der Waals surface area contributed by atoms with Crippen LogP contribution in [0.2, 0.25) is 0 Å². The van der Waals surface area contributed by atoms with Crippen LogP contribution in [-0.2, 0) is 14.3 Å². The molecule has 5 heterocycles. The summed E-state index contributed by atoms with van der Waals surface area (Å²) in [4.78, 5) is 62.7. The molecular weight excluding hydrogens is 636 g/mol. The van der Waals surface area contributed by atoms with Crippen LogP contribution in [-0.4, -0.2) is 88.6 Å². The minimum absolute atomic E-state index is 0.0912. The molecule has 4 amide bonds. The molecular formula is C37H40N8O5. The van der Waals surface area contributed by atoms with Crippen LogP contribution >= 0.6 is 0 Å². The molecule has 3 unspecified atom stereocenters. The summed E-state index contributed by atoms with van der Waals surface area (Å²) in [6, 6.07) is 10.7. The van der Waals surface area contributed by atoms with Crippen molar-refractivity contribution < 1.29 is 23.9 Å². The van der Waals surface area contributed by atoms with Crippen molar-refractivity contribution >= 4 is 57.8 Å². The molecule has 4 fully saturated rings. The Labute approximate surface area is 289 Å². The third-order valence-corrected chi connectivity index (χ3v) is 10.7. The van der Waals surface area contributed by atoms with Gasteiger partial charge in [0.2, 0.25) is 11.8 Å². The van der Waals surface area contributed by atoms with Gasteiger partial charge >= 0.3 is 0 Å². The van der Waals surface area contributed by atoms with E-state index in [0.717, 1.165) is 85.5 Å². The summed E-state index contributed by atoms with van der Waals surface area (Å²) in [6.45, 7) is 2.52. The lowest BCUT2D eigenvalue weighted by Crippen LogP contribution is -2.54. The molecule has 13 nitrogen and oxygen atoms in total. The van der Waals surface area contributed by atoms with Crippen molar-refractivity contribution in [3.63, 3.8) is 0 Å². The van der Waals surface area contributed by atoms with Crippen LogP contribution in [0.4, 0.5) is 11.4 Å². The Morgan fingerprint density at radius 1 is 0.980 bits per heavy atom. The highest BCUT2D eigenvalue weighted by atomic mass is 16.5. The number of benzene rings is 2. The summed E-state index contributed by atoms with van der Waals surface area (Å²) in [5.41, 5.74) is 5.43. The van der Waals surface area contributed by atoms with Gasteiger partial charge in [0.15, 0.2) is 0 Å². The number of hydrogen-bond acceptors (Lipinski definition) is 11. The van der Waals surface area contributed by atoms with E-state index in [-0.39, 0.29) is 24.0 Å². The van der Waals surface area contributed by atoms with E-state index in [9.17, 15) is 19.2 Å². The maximum absolute atomic E-state index is 13.1. The third-order valence-electron chi connectivity index (χ3n) is 10.7. The molecule has 2 aromatic carbocycles. The minimum atomic E-state index is -0.971. The number of morpholine rings is 1. The zero-order valence-electron chi connectivity index (χ0n) is 27.7. The van der Waals surface area contributed by atoms with Gasteiger partial charge in [-0.1, -0.05) is 0 Å². The average molecular weight is 677 g/mol. The molecule has 4 N–H and O–H groups in total. The quantitative estimate of drug-likeness (QED) is 0.134. The Morgan fingerprint density at radius 2 is 1.78 bits per heavy atom. The number of ether oxygens (including phenoxy) is 1. The predicted molar refractivity (Wildman–Crippen MR) is 187 cm³/mol. The number of allylic oxidation sites excluding steroid dienone is 1. The number of carbonyl (C=O) groups is 4. The zero-order valence-corrected chi connectivity index (χ0v) is 27.7. The van der Waals surface area contributed by atoms with Gasteiger partial charge in [-0.05, 0) is 87.3 Å².